The highest BCUT2D eigenvalue weighted by atomic mass is 16.7. The molecule has 27 heavy (non-hydrogen) atoms. The topological polar surface area (TPSA) is 36.9 Å². The van der Waals surface area contributed by atoms with E-state index in [1.807, 2.05) is 12.1 Å². The minimum absolute atomic E-state index is 0.0850. The summed E-state index contributed by atoms with van der Waals surface area (Å²) in [6, 6.07) is 8.20. The highest BCUT2D eigenvalue weighted by Gasteiger charge is 2.33. The maximum Gasteiger partial charge on any atom is 0.162 e. The fourth-order valence-corrected chi connectivity index (χ4v) is 4.10. The molecule has 0 aromatic heterocycles. The zero-order valence-corrected chi connectivity index (χ0v) is 17.0. The second kappa shape index (κ2) is 11.0. The first kappa shape index (κ1) is 20.6. The quantitative estimate of drug-likeness (QED) is 0.532. The van der Waals surface area contributed by atoms with Gasteiger partial charge in [-0.05, 0) is 37.0 Å². The SMILES string of the molecule is CCCCCCCC1COC([C@H]2CC[C@H](c3ccc(OC)cc3)OC2)OC1. The molecule has 152 valence electrons. The van der Waals surface area contributed by atoms with Crippen LogP contribution >= 0.6 is 0 Å². The number of hydrogen-bond acceptors (Lipinski definition) is 4. The molecular weight excluding hydrogens is 340 g/mol. The first-order valence-corrected chi connectivity index (χ1v) is 10.8. The summed E-state index contributed by atoms with van der Waals surface area (Å²) in [5.74, 6) is 1.81. The summed E-state index contributed by atoms with van der Waals surface area (Å²) >= 11 is 0. The lowest BCUT2D eigenvalue weighted by Crippen LogP contribution is -2.40. The lowest BCUT2D eigenvalue weighted by molar-refractivity contribution is -0.242. The van der Waals surface area contributed by atoms with Crippen molar-refractivity contribution < 1.29 is 18.9 Å². The van der Waals surface area contributed by atoms with Crippen molar-refractivity contribution in [3.8, 4) is 5.75 Å². The molecule has 2 saturated heterocycles. The number of unbranched alkanes of at least 4 members (excludes halogenated alkanes) is 4. The molecule has 3 rings (SSSR count). The summed E-state index contributed by atoms with van der Waals surface area (Å²) in [6.45, 7) is 4.66. The molecule has 0 bridgehead atoms. The molecule has 2 aliphatic heterocycles. The van der Waals surface area contributed by atoms with Crippen LogP contribution in [-0.4, -0.2) is 33.2 Å². The minimum Gasteiger partial charge on any atom is -0.497 e. The molecule has 0 N–H and O–H groups in total. The van der Waals surface area contributed by atoms with Crippen LogP contribution in [0.2, 0.25) is 0 Å². The maximum atomic E-state index is 6.13. The molecule has 1 aromatic carbocycles. The van der Waals surface area contributed by atoms with E-state index in [4.69, 9.17) is 18.9 Å². The van der Waals surface area contributed by atoms with Gasteiger partial charge in [-0.2, -0.15) is 0 Å². The second-order valence-corrected chi connectivity index (χ2v) is 8.04. The van der Waals surface area contributed by atoms with Crippen molar-refractivity contribution in [3.05, 3.63) is 29.8 Å². The van der Waals surface area contributed by atoms with Crippen molar-refractivity contribution in [2.45, 2.75) is 70.7 Å². The van der Waals surface area contributed by atoms with Gasteiger partial charge in [-0.3, -0.25) is 0 Å². The molecule has 2 aliphatic rings. The van der Waals surface area contributed by atoms with Crippen molar-refractivity contribution in [2.24, 2.45) is 11.8 Å². The van der Waals surface area contributed by atoms with E-state index in [0.717, 1.165) is 31.8 Å². The molecule has 0 saturated carbocycles. The van der Waals surface area contributed by atoms with Crippen molar-refractivity contribution in [1.29, 1.82) is 0 Å². The standard InChI is InChI=1S/C23H36O4/c1-3-4-5-6-7-8-18-15-26-23(27-16-18)20-11-14-22(25-17-20)19-9-12-21(24-2)13-10-19/h9-10,12-13,18,20,22-23H,3-8,11,14-17H2,1-2H3/t18?,20-,22+,23?/m0/s1. The third-order valence-corrected chi connectivity index (χ3v) is 5.89. The lowest BCUT2D eigenvalue weighted by atomic mass is 9.93. The van der Waals surface area contributed by atoms with Crippen LogP contribution in [0.15, 0.2) is 24.3 Å². The Labute approximate surface area is 164 Å². The van der Waals surface area contributed by atoms with Gasteiger partial charge in [0.05, 0.1) is 33.0 Å². The van der Waals surface area contributed by atoms with Gasteiger partial charge in [0.1, 0.15) is 5.75 Å². The Morgan fingerprint density at radius 1 is 0.889 bits per heavy atom. The van der Waals surface area contributed by atoms with E-state index in [1.54, 1.807) is 7.11 Å². The number of rotatable bonds is 9. The maximum absolute atomic E-state index is 6.13. The van der Waals surface area contributed by atoms with E-state index in [2.05, 4.69) is 19.1 Å². The predicted molar refractivity (Wildman–Crippen MR) is 107 cm³/mol. The first-order valence-electron chi connectivity index (χ1n) is 10.8. The van der Waals surface area contributed by atoms with Crippen molar-refractivity contribution in [1.82, 2.24) is 0 Å². The van der Waals surface area contributed by atoms with Gasteiger partial charge in [-0.25, -0.2) is 0 Å². The molecule has 0 radical (unpaired) electrons. The van der Waals surface area contributed by atoms with Crippen LogP contribution in [0.4, 0.5) is 0 Å². The number of benzene rings is 1. The van der Waals surface area contributed by atoms with E-state index in [-0.39, 0.29) is 12.4 Å². The van der Waals surface area contributed by atoms with Crippen molar-refractivity contribution in [3.63, 3.8) is 0 Å². The molecule has 0 spiro atoms. The average molecular weight is 377 g/mol. The summed E-state index contributed by atoms with van der Waals surface area (Å²) in [5.41, 5.74) is 1.22. The minimum atomic E-state index is -0.0850. The van der Waals surface area contributed by atoms with E-state index in [9.17, 15) is 0 Å². The fourth-order valence-electron chi connectivity index (χ4n) is 4.10. The third-order valence-electron chi connectivity index (χ3n) is 5.89. The number of hydrogen-bond donors (Lipinski definition) is 0. The van der Waals surface area contributed by atoms with Crippen LogP contribution < -0.4 is 4.74 Å². The molecule has 2 fully saturated rings. The summed E-state index contributed by atoms with van der Waals surface area (Å²) < 4.78 is 23.5. The lowest BCUT2D eigenvalue weighted by Gasteiger charge is -2.37. The Kier molecular flexibility index (Phi) is 8.43. The smallest absolute Gasteiger partial charge is 0.162 e. The fraction of sp³-hybridized carbons (Fsp3) is 0.739. The summed E-state index contributed by atoms with van der Waals surface area (Å²) in [5, 5.41) is 0. The van der Waals surface area contributed by atoms with Crippen LogP contribution in [-0.2, 0) is 14.2 Å². The molecular formula is C23H36O4. The summed E-state index contributed by atoms with van der Waals surface area (Å²) in [6.07, 6.45) is 10.1. The predicted octanol–water partition coefficient (Wildman–Crippen LogP) is 5.51. The van der Waals surface area contributed by atoms with E-state index in [0.29, 0.717) is 18.4 Å². The molecule has 2 atom stereocenters. The molecule has 2 heterocycles. The highest BCUT2D eigenvalue weighted by molar-refractivity contribution is 5.28. The monoisotopic (exact) mass is 376 g/mol. The van der Waals surface area contributed by atoms with Crippen LogP contribution in [0.25, 0.3) is 0 Å². The van der Waals surface area contributed by atoms with Gasteiger partial charge in [-0.1, -0.05) is 51.2 Å². The number of methoxy groups -OCH3 is 1. The van der Waals surface area contributed by atoms with Gasteiger partial charge in [0, 0.05) is 11.8 Å². The van der Waals surface area contributed by atoms with Gasteiger partial charge < -0.3 is 18.9 Å². The molecule has 0 amide bonds. The third kappa shape index (κ3) is 6.20. The Morgan fingerprint density at radius 2 is 1.63 bits per heavy atom. The van der Waals surface area contributed by atoms with E-state index < -0.39 is 0 Å². The zero-order valence-electron chi connectivity index (χ0n) is 17.0. The van der Waals surface area contributed by atoms with E-state index >= 15 is 0 Å². The largest absolute Gasteiger partial charge is 0.497 e. The number of ether oxygens (including phenoxy) is 4. The summed E-state index contributed by atoms with van der Waals surface area (Å²) in [7, 11) is 1.69. The normalized spacial score (nSPS) is 28.8. The van der Waals surface area contributed by atoms with Crippen LogP contribution in [0, 0.1) is 11.8 Å². The van der Waals surface area contributed by atoms with Gasteiger partial charge in [0.15, 0.2) is 6.29 Å². The molecule has 4 nitrogen and oxygen atoms in total. The Balaban J connectivity index is 1.34. The van der Waals surface area contributed by atoms with Crippen LogP contribution in [0.3, 0.4) is 0 Å². The van der Waals surface area contributed by atoms with Gasteiger partial charge in [-0.15, -0.1) is 0 Å². The Morgan fingerprint density at radius 3 is 2.26 bits per heavy atom. The van der Waals surface area contributed by atoms with Gasteiger partial charge in [0.25, 0.3) is 0 Å². The molecule has 0 aliphatic carbocycles. The Hall–Kier alpha value is -1.10. The van der Waals surface area contributed by atoms with Crippen LogP contribution in [0.1, 0.15) is 70.0 Å². The molecule has 4 heteroatoms. The first-order chi connectivity index (χ1) is 13.3. The van der Waals surface area contributed by atoms with Gasteiger partial charge in [0.2, 0.25) is 0 Å². The van der Waals surface area contributed by atoms with Crippen molar-refractivity contribution >= 4 is 0 Å². The van der Waals surface area contributed by atoms with Crippen molar-refractivity contribution in [2.75, 3.05) is 26.9 Å². The highest BCUT2D eigenvalue weighted by Crippen LogP contribution is 2.35. The second-order valence-electron chi connectivity index (χ2n) is 8.04. The Bertz CT molecular complexity index is 514. The average Bonchev–Trinajstić information content (AvgIpc) is 2.74. The summed E-state index contributed by atoms with van der Waals surface area (Å²) in [4.78, 5) is 0. The molecule has 0 unspecified atom stereocenters. The zero-order chi connectivity index (χ0) is 18.9. The van der Waals surface area contributed by atoms with Crippen LogP contribution in [0.5, 0.6) is 5.75 Å². The van der Waals surface area contributed by atoms with E-state index in [1.165, 1.54) is 44.1 Å². The molecule has 1 aromatic rings. The van der Waals surface area contributed by atoms with Gasteiger partial charge >= 0.3 is 0 Å².